The topological polar surface area (TPSA) is 52.1 Å². The molecule has 22 heavy (non-hydrogen) atoms. The minimum Gasteiger partial charge on any atom is -0.465 e. The Hall–Kier alpha value is -1.92. The number of thiazole rings is 1. The van der Waals surface area contributed by atoms with Crippen molar-refractivity contribution >= 4 is 39.3 Å². The third kappa shape index (κ3) is 3.28. The van der Waals surface area contributed by atoms with Gasteiger partial charge in [0.05, 0.1) is 22.5 Å². The predicted molar refractivity (Wildman–Crippen MR) is 89.1 cm³/mol. The van der Waals surface area contributed by atoms with Crippen molar-refractivity contribution in [2.24, 2.45) is 0 Å². The van der Waals surface area contributed by atoms with Gasteiger partial charge < -0.3 is 4.74 Å². The molecule has 0 radical (unpaired) electrons. The minimum absolute atomic E-state index is 0.287. The number of hydrogen-bond acceptors (Lipinski definition) is 6. The van der Waals surface area contributed by atoms with Gasteiger partial charge in [-0.25, -0.2) is 4.98 Å². The van der Waals surface area contributed by atoms with Crippen LogP contribution in [0.25, 0.3) is 10.2 Å². The van der Waals surface area contributed by atoms with Gasteiger partial charge in [-0.15, -0.1) is 11.3 Å². The van der Waals surface area contributed by atoms with E-state index in [2.05, 4.69) is 9.97 Å². The van der Waals surface area contributed by atoms with Crippen LogP contribution in [0.4, 0.5) is 0 Å². The molecule has 0 aliphatic carbocycles. The number of ether oxygens (including phenoxy) is 1. The van der Waals surface area contributed by atoms with Gasteiger partial charge in [0.1, 0.15) is 0 Å². The lowest BCUT2D eigenvalue weighted by Gasteiger charge is -2.12. The monoisotopic (exact) mass is 330 g/mol. The smallest absolute Gasteiger partial charge is 0.325 e. The number of esters is 1. The minimum atomic E-state index is -0.498. The van der Waals surface area contributed by atoms with Gasteiger partial charge in [-0.1, -0.05) is 30.0 Å². The first-order valence-electron chi connectivity index (χ1n) is 6.87. The molecular formula is C16H14N2O2S2. The molecule has 0 N–H and O–H groups in total. The van der Waals surface area contributed by atoms with Gasteiger partial charge in [-0.3, -0.25) is 9.78 Å². The maximum atomic E-state index is 12.3. The Morgan fingerprint density at radius 1 is 1.27 bits per heavy atom. The summed E-state index contributed by atoms with van der Waals surface area (Å²) >= 11 is 2.96. The maximum Gasteiger partial charge on any atom is 0.325 e. The Morgan fingerprint density at radius 3 is 2.82 bits per heavy atom. The van der Waals surface area contributed by atoms with Crippen LogP contribution in [0.15, 0.2) is 53.0 Å². The number of para-hydroxylation sites is 1. The van der Waals surface area contributed by atoms with Crippen LogP contribution in [0, 0.1) is 0 Å². The summed E-state index contributed by atoms with van der Waals surface area (Å²) in [6, 6.07) is 13.5. The normalized spacial score (nSPS) is 12.2. The summed E-state index contributed by atoms with van der Waals surface area (Å²) < 4.78 is 7.12. The van der Waals surface area contributed by atoms with Crippen molar-refractivity contribution in [2.45, 2.75) is 16.5 Å². The van der Waals surface area contributed by atoms with Crippen molar-refractivity contribution in [1.82, 2.24) is 9.97 Å². The van der Waals surface area contributed by atoms with Gasteiger partial charge in [-0.2, -0.15) is 0 Å². The maximum absolute atomic E-state index is 12.3. The van der Waals surface area contributed by atoms with Crippen molar-refractivity contribution in [3.63, 3.8) is 0 Å². The molecule has 6 heteroatoms. The van der Waals surface area contributed by atoms with Crippen LogP contribution >= 0.6 is 23.1 Å². The second kappa shape index (κ2) is 6.89. The van der Waals surface area contributed by atoms with E-state index in [4.69, 9.17) is 4.74 Å². The average molecular weight is 330 g/mol. The number of nitrogens with zero attached hydrogens (tertiary/aromatic N) is 2. The average Bonchev–Trinajstić information content (AvgIpc) is 2.96. The fourth-order valence-electron chi connectivity index (χ4n) is 1.98. The van der Waals surface area contributed by atoms with Crippen molar-refractivity contribution in [2.75, 3.05) is 6.61 Å². The fraction of sp³-hybridized carbons (Fsp3) is 0.188. The molecule has 1 aromatic carbocycles. The zero-order chi connectivity index (χ0) is 15.4. The molecule has 4 nitrogen and oxygen atoms in total. The number of pyridine rings is 1. The second-order valence-electron chi connectivity index (χ2n) is 4.45. The van der Waals surface area contributed by atoms with E-state index in [-0.39, 0.29) is 5.97 Å². The van der Waals surface area contributed by atoms with Crippen LogP contribution in [-0.2, 0) is 9.53 Å². The van der Waals surface area contributed by atoms with Crippen LogP contribution in [0.5, 0.6) is 0 Å². The number of benzene rings is 1. The summed E-state index contributed by atoms with van der Waals surface area (Å²) in [7, 11) is 0. The third-order valence-electron chi connectivity index (χ3n) is 2.95. The van der Waals surface area contributed by atoms with E-state index in [1.54, 1.807) is 24.5 Å². The summed E-state index contributed by atoms with van der Waals surface area (Å²) in [5, 5.41) is -0.498. The standard InChI is InChI=1S/C16H14N2O2S2/c1-2-20-15(19)14(12-8-5-6-10-17-12)22-16-18-11-7-3-4-9-13(11)21-16/h3-10,14H,2H2,1H3. The molecule has 0 aliphatic heterocycles. The van der Waals surface area contributed by atoms with Crippen LogP contribution in [-0.4, -0.2) is 22.5 Å². The highest BCUT2D eigenvalue weighted by Crippen LogP contribution is 2.39. The largest absolute Gasteiger partial charge is 0.465 e. The molecule has 0 saturated carbocycles. The first-order chi connectivity index (χ1) is 10.8. The number of carbonyl (C=O) groups excluding carboxylic acids is 1. The first-order valence-corrected chi connectivity index (χ1v) is 8.57. The van der Waals surface area contributed by atoms with E-state index in [1.165, 1.54) is 11.8 Å². The van der Waals surface area contributed by atoms with E-state index in [9.17, 15) is 4.79 Å². The highest BCUT2D eigenvalue weighted by Gasteiger charge is 2.26. The quantitative estimate of drug-likeness (QED) is 0.521. The number of thioether (sulfide) groups is 1. The zero-order valence-electron chi connectivity index (χ0n) is 11.9. The van der Waals surface area contributed by atoms with E-state index >= 15 is 0 Å². The van der Waals surface area contributed by atoms with E-state index < -0.39 is 5.25 Å². The molecule has 0 amide bonds. The molecule has 1 atom stereocenters. The van der Waals surface area contributed by atoms with Gasteiger partial charge >= 0.3 is 5.97 Å². The van der Waals surface area contributed by atoms with Crippen molar-refractivity contribution in [1.29, 1.82) is 0 Å². The van der Waals surface area contributed by atoms with Crippen molar-refractivity contribution < 1.29 is 9.53 Å². The Labute approximate surface area is 136 Å². The predicted octanol–water partition coefficient (Wildman–Crippen LogP) is 4.09. The molecule has 0 aliphatic rings. The molecule has 0 fully saturated rings. The molecular weight excluding hydrogens is 316 g/mol. The van der Waals surface area contributed by atoms with Gasteiger partial charge in [0.2, 0.25) is 0 Å². The molecule has 112 valence electrons. The van der Waals surface area contributed by atoms with E-state index in [0.29, 0.717) is 12.3 Å². The lowest BCUT2D eigenvalue weighted by molar-refractivity contribution is -0.142. The molecule has 2 heterocycles. The summed E-state index contributed by atoms with van der Waals surface area (Å²) in [6.07, 6.45) is 1.68. The summed E-state index contributed by atoms with van der Waals surface area (Å²) in [5.41, 5.74) is 1.63. The molecule has 3 aromatic rings. The summed E-state index contributed by atoms with van der Waals surface area (Å²) in [5.74, 6) is -0.287. The van der Waals surface area contributed by atoms with Crippen LogP contribution in [0.3, 0.4) is 0 Å². The van der Waals surface area contributed by atoms with Crippen molar-refractivity contribution in [3.8, 4) is 0 Å². The molecule has 0 bridgehead atoms. The van der Waals surface area contributed by atoms with E-state index in [1.807, 2.05) is 42.5 Å². The summed E-state index contributed by atoms with van der Waals surface area (Å²) in [4.78, 5) is 21.1. The highest BCUT2D eigenvalue weighted by molar-refractivity contribution is 8.02. The van der Waals surface area contributed by atoms with Crippen molar-refractivity contribution in [3.05, 3.63) is 54.4 Å². The van der Waals surface area contributed by atoms with E-state index in [0.717, 1.165) is 14.6 Å². The van der Waals surface area contributed by atoms with Gasteiger partial charge in [0.15, 0.2) is 9.59 Å². The number of hydrogen-bond donors (Lipinski definition) is 0. The lowest BCUT2D eigenvalue weighted by Crippen LogP contribution is -2.14. The highest BCUT2D eigenvalue weighted by atomic mass is 32.2. The Morgan fingerprint density at radius 2 is 2.09 bits per heavy atom. The number of carbonyl (C=O) groups is 1. The van der Waals surface area contributed by atoms with Gasteiger partial charge in [0.25, 0.3) is 0 Å². The zero-order valence-corrected chi connectivity index (χ0v) is 13.6. The SMILES string of the molecule is CCOC(=O)C(Sc1nc2ccccc2s1)c1ccccn1. The second-order valence-corrected chi connectivity index (χ2v) is 6.83. The molecule has 0 saturated heterocycles. The molecule has 2 aromatic heterocycles. The third-order valence-corrected chi connectivity index (χ3v) is 5.28. The molecule has 1 unspecified atom stereocenters. The van der Waals surface area contributed by atoms with Crippen LogP contribution in [0.1, 0.15) is 17.9 Å². The summed E-state index contributed by atoms with van der Waals surface area (Å²) in [6.45, 7) is 2.15. The molecule has 3 rings (SSSR count). The molecule has 0 spiro atoms. The first kappa shape index (κ1) is 15.0. The van der Waals surface area contributed by atoms with Crippen LogP contribution < -0.4 is 0 Å². The lowest BCUT2D eigenvalue weighted by atomic mass is 10.3. The Balaban J connectivity index is 1.90. The Bertz CT molecular complexity index is 741. The number of rotatable bonds is 5. The number of fused-ring (bicyclic) bond motifs is 1. The Kier molecular flexibility index (Phi) is 4.70. The fourth-order valence-corrected chi connectivity index (χ4v) is 4.21. The van der Waals surface area contributed by atoms with Crippen LogP contribution in [0.2, 0.25) is 0 Å². The van der Waals surface area contributed by atoms with Gasteiger partial charge in [-0.05, 0) is 31.2 Å². The number of aromatic nitrogens is 2. The van der Waals surface area contributed by atoms with Gasteiger partial charge in [0, 0.05) is 6.20 Å².